The van der Waals surface area contributed by atoms with E-state index in [4.69, 9.17) is 15.5 Å². The topological polar surface area (TPSA) is 86.0 Å². The third-order valence-corrected chi connectivity index (χ3v) is 6.23. The Bertz CT molecular complexity index is 1240. The number of nitrogens with two attached hydrogens (primary N) is 1. The van der Waals surface area contributed by atoms with Gasteiger partial charge in [0.2, 0.25) is 0 Å². The minimum atomic E-state index is 0.0782. The second-order valence-corrected chi connectivity index (χ2v) is 9.19. The van der Waals surface area contributed by atoms with E-state index < -0.39 is 0 Å². The van der Waals surface area contributed by atoms with Gasteiger partial charge in [-0.1, -0.05) is 56.1 Å². The van der Waals surface area contributed by atoms with Crippen molar-refractivity contribution in [1.82, 2.24) is 20.3 Å². The second kappa shape index (κ2) is 8.63. The van der Waals surface area contributed by atoms with Crippen molar-refractivity contribution < 1.29 is 4.74 Å². The summed E-state index contributed by atoms with van der Waals surface area (Å²) in [5.74, 6) is 0.410. The number of rotatable bonds is 3. The van der Waals surface area contributed by atoms with Crippen molar-refractivity contribution in [2.45, 2.75) is 6.10 Å². The molecule has 4 aromatic rings. The summed E-state index contributed by atoms with van der Waals surface area (Å²) in [6.07, 6.45) is 1.53. The van der Waals surface area contributed by atoms with Gasteiger partial charge in [-0.25, -0.2) is 15.0 Å². The van der Waals surface area contributed by atoms with E-state index in [1.54, 1.807) is 0 Å². The zero-order valence-corrected chi connectivity index (χ0v) is 19.6. The number of nitrogens with one attached hydrogen (secondary N) is 1. The molecule has 0 bridgehead atoms. The Morgan fingerprint density at radius 1 is 0.968 bits per heavy atom. The van der Waals surface area contributed by atoms with Crippen LogP contribution in [0.15, 0.2) is 63.8 Å². The van der Waals surface area contributed by atoms with Gasteiger partial charge in [0.15, 0.2) is 5.65 Å². The summed E-state index contributed by atoms with van der Waals surface area (Å²) in [5.41, 5.74) is 11.7. The number of nitrogens with zero attached hydrogens (tertiary/aromatic N) is 3. The molecule has 3 N–H and O–H groups in total. The smallest absolute Gasteiger partial charge is 0.165 e. The van der Waals surface area contributed by atoms with Crippen molar-refractivity contribution in [3.8, 4) is 22.4 Å². The SMILES string of the molecule is Nc1ncnc2nc(-c3ccc(C4CNCCO4)cc3)cc(-c3cc(Br)cc(Br)c3)c12. The Hall–Kier alpha value is -2.39. The third kappa shape index (κ3) is 4.21. The highest BCUT2D eigenvalue weighted by molar-refractivity contribution is 9.11. The Kier molecular flexibility index (Phi) is 5.71. The Morgan fingerprint density at radius 2 is 1.74 bits per heavy atom. The van der Waals surface area contributed by atoms with Gasteiger partial charge >= 0.3 is 0 Å². The van der Waals surface area contributed by atoms with Crippen molar-refractivity contribution in [2.75, 3.05) is 25.4 Å². The van der Waals surface area contributed by atoms with E-state index in [9.17, 15) is 0 Å². The lowest BCUT2D eigenvalue weighted by atomic mass is 9.99. The van der Waals surface area contributed by atoms with Crippen LogP contribution < -0.4 is 11.1 Å². The quantitative estimate of drug-likeness (QED) is 0.375. The molecule has 2 aromatic carbocycles. The molecule has 5 rings (SSSR count). The summed E-state index contributed by atoms with van der Waals surface area (Å²) >= 11 is 7.15. The fraction of sp³-hybridized carbons (Fsp3) is 0.174. The molecule has 0 aliphatic carbocycles. The molecule has 0 radical (unpaired) electrons. The predicted molar refractivity (Wildman–Crippen MR) is 130 cm³/mol. The number of morpholine rings is 1. The summed E-state index contributed by atoms with van der Waals surface area (Å²) in [4.78, 5) is 13.4. The van der Waals surface area contributed by atoms with Crippen molar-refractivity contribution in [3.05, 3.63) is 69.4 Å². The molecule has 8 heteroatoms. The average molecular weight is 541 g/mol. The van der Waals surface area contributed by atoms with Gasteiger partial charge in [-0.15, -0.1) is 0 Å². The maximum absolute atomic E-state index is 6.23. The first-order valence-corrected chi connectivity index (χ1v) is 11.5. The van der Waals surface area contributed by atoms with Crippen LogP contribution >= 0.6 is 31.9 Å². The molecular weight excluding hydrogens is 522 g/mol. The number of halogens is 2. The number of fused-ring (bicyclic) bond motifs is 1. The molecule has 1 saturated heterocycles. The number of benzene rings is 2. The zero-order valence-electron chi connectivity index (χ0n) is 16.5. The summed E-state index contributed by atoms with van der Waals surface area (Å²) in [6.45, 7) is 2.45. The number of ether oxygens (including phenoxy) is 1. The molecule has 1 atom stereocenters. The standard InChI is InChI=1S/C23H19Br2N5O/c24-16-7-15(8-17(25)9-16)18-10-19(30-23-21(18)22(26)28-12-29-23)13-1-3-14(4-2-13)20-11-27-5-6-31-20/h1-4,7-10,12,20,27H,5-6,11H2,(H2,26,28,29,30). The summed E-state index contributed by atoms with van der Waals surface area (Å²) in [6, 6.07) is 16.5. The fourth-order valence-electron chi connectivity index (χ4n) is 3.82. The van der Waals surface area contributed by atoms with Gasteiger partial charge in [0, 0.05) is 27.6 Å². The molecule has 0 spiro atoms. The molecule has 31 heavy (non-hydrogen) atoms. The van der Waals surface area contributed by atoms with E-state index in [0.29, 0.717) is 11.5 Å². The van der Waals surface area contributed by atoms with E-state index in [1.807, 2.05) is 24.3 Å². The molecule has 1 aliphatic heterocycles. The Labute approximate surface area is 196 Å². The van der Waals surface area contributed by atoms with Gasteiger partial charge in [-0.05, 0) is 41.0 Å². The molecule has 2 aromatic heterocycles. The van der Waals surface area contributed by atoms with Crippen LogP contribution in [0.4, 0.5) is 5.82 Å². The fourth-order valence-corrected chi connectivity index (χ4v) is 5.11. The molecule has 1 unspecified atom stereocenters. The minimum absolute atomic E-state index is 0.0782. The highest BCUT2D eigenvalue weighted by Gasteiger charge is 2.17. The van der Waals surface area contributed by atoms with Gasteiger partial charge in [0.1, 0.15) is 12.1 Å². The molecular formula is C23H19Br2N5O. The lowest BCUT2D eigenvalue weighted by Crippen LogP contribution is -2.33. The lowest BCUT2D eigenvalue weighted by molar-refractivity contribution is 0.0277. The number of pyridine rings is 1. The van der Waals surface area contributed by atoms with E-state index in [1.165, 1.54) is 6.33 Å². The van der Waals surface area contributed by atoms with Crippen molar-refractivity contribution in [1.29, 1.82) is 0 Å². The highest BCUT2D eigenvalue weighted by Crippen LogP contribution is 2.36. The zero-order chi connectivity index (χ0) is 21.4. The Morgan fingerprint density at radius 3 is 2.45 bits per heavy atom. The summed E-state index contributed by atoms with van der Waals surface area (Å²) in [5, 5.41) is 4.11. The Balaban J connectivity index is 1.63. The molecule has 6 nitrogen and oxygen atoms in total. The third-order valence-electron chi connectivity index (χ3n) is 5.31. The predicted octanol–water partition coefficient (Wildman–Crippen LogP) is 5.13. The van der Waals surface area contributed by atoms with Gasteiger partial charge < -0.3 is 15.8 Å². The first-order chi connectivity index (χ1) is 15.1. The number of anilines is 1. The molecule has 0 amide bonds. The van der Waals surface area contributed by atoms with E-state index >= 15 is 0 Å². The number of nitrogen functional groups attached to an aromatic ring is 1. The van der Waals surface area contributed by atoms with Gasteiger partial charge in [-0.2, -0.15) is 0 Å². The molecule has 156 valence electrons. The maximum Gasteiger partial charge on any atom is 0.165 e. The first-order valence-electron chi connectivity index (χ1n) is 9.89. The normalized spacial score (nSPS) is 16.5. The van der Waals surface area contributed by atoms with Crippen LogP contribution in [0, 0.1) is 0 Å². The molecule has 1 fully saturated rings. The van der Waals surface area contributed by atoms with Crippen LogP contribution in [0.1, 0.15) is 11.7 Å². The van der Waals surface area contributed by atoms with Crippen molar-refractivity contribution >= 4 is 48.7 Å². The monoisotopic (exact) mass is 539 g/mol. The van der Waals surface area contributed by atoms with Gasteiger partial charge in [0.05, 0.1) is 23.8 Å². The van der Waals surface area contributed by atoms with E-state index in [0.717, 1.165) is 62.0 Å². The molecule has 1 aliphatic rings. The molecule has 3 heterocycles. The second-order valence-electron chi connectivity index (χ2n) is 7.36. The van der Waals surface area contributed by atoms with Crippen LogP contribution in [0.25, 0.3) is 33.4 Å². The van der Waals surface area contributed by atoms with E-state index in [-0.39, 0.29) is 6.10 Å². The average Bonchev–Trinajstić information content (AvgIpc) is 2.78. The maximum atomic E-state index is 6.23. The summed E-state index contributed by atoms with van der Waals surface area (Å²) in [7, 11) is 0. The van der Waals surface area contributed by atoms with Crippen molar-refractivity contribution in [3.63, 3.8) is 0 Å². The number of hydrogen-bond donors (Lipinski definition) is 2. The largest absolute Gasteiger partial charge is 0.383 e. The van der Waals surface area contributed by atoms with Crippen LogP contribution in [0.3, 0.4) is 0 Å². The van der Waals surface area contributed by atoms with Crippen LogP contribution in [0.5, 0.6) is 0 Å². The summed E-state index contributed by atoms with van der Waals surface area (Å²) < 4.78 is 7.79. The van der Waals surface area contributed by atoms with Gasteiger partial charge in [0.25, 0.3) is 0 Å². The number of hydrogen-bond acceptors (Lipinski definition) is 6. The lowest BCUT2D eigenvalue weighted by Gasteiger charge is -2.24. The van der Waals surface area contributed by atoms with Crippen LogP contribution in [-0.4, -0.2) is 34.6 Å². The van der Waals surface area contributed by atoms with Crippen LogP contribution in [0.2, 0.25) is 0 Å². The van der Waals surface area contributed by atoms with Crippen LogP contribution in [-0.2, 0) is 4.74 Å². The van der Waals surface area contributed by atoms with E-state index in [2.05, 4.69) is 71.4 Å². The molecule has 0 saturated carbocycles. The van der Waals surface area contributed by atoms with Gasteiger partial charge in [-0.3, -0.25) is 0 Å². The van der Waals surface area contributed by atoms with Crippen molar-refractivity contribution in [2.24, 2.45) is 0 Å². The highest BCUT2D eigenvalue weighted by atomic mass is 79.9. The first kappa shape index (κ1) is 20.5. The number of aromatic nitrogens is 3. The minimum Gasteiger partial charge on any atom is -0.383 e.